The number of ether oxygens (including phenoxy) is 3. The van der Waals surface area contributed by atoms with E-state index in [2.05, 4.69) is 13.8 Å². The van der Waals surface area contributed by atoms with E-state index in [1.807, 2.05) is 13.1 Å². The Morgan fingerprint density at radius 3 is 2.54 bits per heavy atom. The Labute approximate surface area is 218 Å². The van der Waals surface area contributed by atoms with E-state index < -0.39 is 0 Å². The lowest BCUT2D eigenvalue weighted by Crippen LogP contribution is -2.59. The van der Waals surface area contributed by atoms with Crippen LogP contribution in [0, 0.1) is 28.6 Å². The lowest BCUT2D eigenvalue weighted by molar-refractivity contribution is -0.156. The van der Waals surface area contributed by atoms with Crippen LogP contribution in [0.3, 0.4) is 0 Å². The number of carbonyl (C=O) groups is 2. The fraction of sp³-hybridized carbons (Fsp3) is 0.759. The van der Waals surface area contributed by atoms with Crippen LogP contribution in [0.1, 0.15) is 77.2 Å². The van der Waals surface area contributed by atoms with Gasteiger partial charge in [0, 0.05) is 37.4 Å². The van der Waals surface area contributed by atoms with Crippen LogP contribution in [0.4, 0.5) is 4.79 Å². The van der Waals surface area contributed by atoms with Gasteiger partial charge in [-0.05, 0) is 79.7 Å². The highest BCUT2D eigenvalue weighted by atomic mass is 16.7. The van der Waals surface area contributed by atoms with Crippen molar-refractivity contribution in [3.8, 4) is 0 Å². The minimum atomic E-state index is -0.385. The molecule has 1 aromatic heterocycles. The summed E-state index contributed by atoms with van der Waals surface area (Å²) in [6.45, 7) is 6.24. The van der Waals surface area contributed by atoms with Crippen molar-refractivity contribution in [2.45, 2.75) is 95.5 Å². The molecule has 0 N–H and O–H groups in total. The first-order valence-corrected chi connectivity index (χ1v) is 13.8. The zero-order chi connectivity index (χ0) is 26.3. The summed E-state index contributed by atoms with van der Waals surface area (Å²) in [4.78, 5) is 37.9. The maximum atomic E-state index is 12.2. The molecule has 1 aliphatic heterocycles. The molecule has 4 aliphatic carbocycles. The van der Waals surface area contributed by atoms with Crippen LogP contribution in [-0.4, -0.2) is 55.0 Å². The predicted octanol–water partition coefficient (Wildman–Crippen LogP) is 4.51. The fourth-order valence-corrected chi connectivity index (χ4v) is 9.74. The monoisotopic (exact) mass is 513 g/mol. The molecule has 37 heavy (non-hydrogen) atoms. The number of fused-ring (bicyclic) bond motifs is 3. The molecule has 2 heterocycles. The van der Waals surface area contributed by atoms with Crippen LogP contribution < -0.4 is 5.63 Å². The van der Waals surface area contributed by atoms with E-state index in [0.717, 1.165) is 50.5 Å². The van der Waals surface area contributed by atoms with Gasteiger partial charge in [-0.1, -0.05) is 13.8 Å². The van der Waals surface area contributed by atoms with Crippen molar-refractivity contribution in [3.05, 3.63) is 34.4 Å². The van der Waals surface area contributed by atoms with Crippen LogP contribution in [0.15, 0.2) is 27.6 Å². The van der Waals surface area contributed by atoms with Crippen molar-refractivity contribution in [1.82, 2.24) is 4.90 Å². The minimum Gasteiger partial charge on any atom is -0.459 e. The van der Waals surface area contributed by atoms with E-state index in [-0.39, 0.29) is 58.3 Å². The number of hydrogen-bond donors (Lipinski definition) is 0. The van der Waals surface area contributed by atoms with Gasteiger partial charge in [0.1, 0.15) is 17.8 Å². The van der Waals surface area contributed by atoms with Gasteiger partial charge in [-0.25, -0.2) is 9.59 Å². The van der Waals surface area contributed by atoms with Gasteiger partial charge in [0.25, 0.3) is 0 Å². The van der Waals surface area contributed by atoms with E-state index >= 15 is 0 Å². The molecule has 10 atom stereocenters. The summed E-state index contributed by atoms with van der Waals surface area (Å²) in [7, 11) is 3.31. The summed E-state index contributed by atoms with van der Waals surface area (Å²) in [6.07, 6.45) is 8.13. The fourth-order valence-electron chi connectivity index (χ4n) is 9.74. The number of nitrogens with zero attached hydrogens (tertiary/aromatic N) is 1. The number of epoxide rings is 1. The van der Waals surface area contributed by atoms with E-state index in [1.165, 1.54) is 20.1 Å². The van der Waals surface area contributed by atoms with Gasteiger partial charge in [-0.2, -0.15) is 0 Å². The van der Waals surface area contributed by atoms with Gasteiger partial charge < -0.3 is 23.5 Å². The minimum absolute atomic E-state index is 0.0737. The molecule has 0 aromatic carbocycles. The maximum Gasteiger partial charge on any atom is 0.409 e. The molecule has 202 valence electrons. The molecular weight excluding hydrogens is 474 g/mol. The molecule has 4 saturated carbocycles. The van der Waals surface area contributed by atoms with Crippen molar-refractivity contribution < 1.29 is 28.2 Å². The molecule has 1 aromatic rings. The standard InChI is InChI=1S/C29H39NO7/c1-16(31)36-24-23(17-6-9-22(32)35-15-17)28(3)13-11-20-21(29(28)25(24)37-29)8-7-18-14-19(10-12-27(18,20)2)30(4)26(33)34-5/h6,9,15,18-21,23-25H,7-8,10-14H2,1-5H3/t18-,19+,20+,21-,23+,24-,25-,27+,28-,29-/m1/s1. The average molecular weight is 514 g/mol. The first kappa shape index (κ1) is 25.0. The lowest BCUT2D eigenvalue weighted by atomic mass is 9.44. The van der Waals surface area contributed by atoms with Gasteiger partial charge in [0.2, 0.25) is 0 Å². The molecule has 1 saturated heterocycles. The third-order valence-corrected chi connectivity index (χ3v) is 11.5. The van der Waals surface area contributed by atoms with Crippen LogP contribution in [0.25, 0.3) is 0 Å². The van der Waals surface area contributed by atoms with Crippen LogP contribution in [0.5, 0.6) is 0 Å². The van der Waals surface area contributed by atoms with E-state index in [1.54, 1.807) is 11.2 Å². The summed E-state index contributed by atoms with van der Waals surface area (Å²) < 4.78 is 22.9. The Morgan fingerprint density at radius 1 is 1.08 bits per heavy atom. The quantitative estimate of drug-likeness (QED) is 0.433. The molecule has 5 aliphatic rings. The third-order valence-electron chi connectivity index (χ3n) is 11.5. The zero-order valence-electron chi connectivity index (χ0n) is 22.5. The van der Waals surface area contributed by atoms with Crippen molar-refractivity contribution in [2.24, 2.45) is 28.6 Å². The van der Waals surface area contributed by atoms with Crippen molar-refractivity contribution >= 4 is 12.1 Å². The topological polar surface area (TPSA) is 98.6 Å². The zero-order valence-corrected chi connectivity index (χ0v) is 22.5. The Morgan fingerprint density at radius 2 is 1.86 bits per heavy atom. The first-order valence-electron chi connectivity index (χ1n) is 13.8. The normalized spacial score (nSPS) is 45.5. The molecule has 1 spiro atoms. The highest BCUT2D eigenvalue weighted by Gasteiger charge is 2.84. The van der Waals surface area contributed by atoms with Crippen LogP contribution in [-0.2, 0) is 19.0 Å². The molecule has 6 rings (SSSR count). The molecule has 0 radical (unpaired) electrons. The summed E-state index contributed by atoms with van der Waals surface area (Å²) in [5.74, 6) is 1.10. The van der Waals surface area contributed by atoms with Gasteiger partial charge in [0.05, 0.1) is 13.4 Å². The maximum absolute atomic E-state index is 12.2. The molecule has 8 heteroatoms. The summed E-state index contributed by atoms with van der Waals surface area (Å²) in [5, 5.41) is 0. The van der Waals surface area contributed by atoms with Gasteiger partial charge in [-0.15, -0.1) is 0 Å². The second-order valence-electron chi connectivity index (χ2n) is 12.7. The highest BCUT2D eigenvalue weighted by molar-refractivity contribution is 5.67. The predicted molar refractivity (Wildman–Crippen MR) is 134 cm³/mol. The highest BCUT2D eigenvalue weighted by Crippen LogP contribution is 2.78. The summed E-state index contributed by atoms with van der Waals surface area (Å²) in [6, 6.07) is 3.51. The van der Waals surface area contributed by atoms with Crippen LogP contribution in [0.2, 0.25) is 0 Å². The average Bonchev–Trinajstić information content (AvgIpc) is 3.58. The van der Waals surface area contributed by atoms with Crippen molar-refractivity contribution in [1.29, 1.82) is 0 Å². The smallest absolute Gasteiger partial charge is 0.409 e. The van der Waals surface area contributed by atoms with E-state index in [9.17, 15) is 14.4 Å². The van der Waals surface area contributed by atoms with Crippen molar-refractivity contribution in [2.75, 3.05) is 14.2 Å². The molecule has 1 amide bonds. The second-order valence-corrected chi connectivity index (χ2v) is 12.7. The molecule has 8 nitrogen and oxygen atoms in total. The van der Waals surface area contributed by atoms with Gasteiger partial charge in [-0.3, -0.25) is 4.79 Å². The van der Waals surface area contributed by atoms with E-state index in [0.29, 0.717) is 17.8 Å². The van der Waals surface area contributed by atoms with Crippen molar-refractivity contribution in [3.63, 3.8) is 0 Å². The Kier molecular flexibility index (Phi) is 5.61. The first-order chi connectivity index (χ1) is 17.6. The number of rotatable bonds is 3. The second kappa shape index (κ2) is 8.32. The third kappa shape index (κ3) is 3.33. The summed E-state index contributed by atoms with van der Waals surface area (Å²) in [5.41, 5.74) is 0.176. The number of hydrogen-bond acceptors (Lipinski definition) is 7. The van der Waals surface area contributed by atoms with Gasteiger partial charge in [0.15, 0.2) is 0 Å². The molecule has 0 bridgehead atoms. The van der Waals surface area contributed by atoms with Crippen LogP contribution >= 0.6 is 0 Å². The Hall–Kier alpha value is -2.35. The Balaban J connectivity index is 1.31. The number of amides is 1. The number of methoxy groups -OCH3 is 1. The molecule has 5 fully saturated rings. The molecule has 0 unspecified atom stereocenters. The summed E-state index contributed by atoms with van der Waals surface area (Å²) >= 11 is 0. The van der Waals surface area contributed by atoms with Gasteiger partial charge >= 0.3 is 17.7 Å². The largest absolute Gasteiger partial charge is 0.459 e. The number of esters is 1. The number of carbonyl (C=O) groups excluding carboxylic acids is 2. The SMILES string of the molecule is COC(=O)N(C)[C@H]1CC[C@@]2(C)[C@H](CC[C@@H]3[C@@H]2CC[C@]2(C)[C@@H](c4ccc(=O)oc4)[C@@H](OC(C)=O)[C@H]4O[C@]342)C1. The molecular formula is C29H39NO7. The van der Waals surface area contributed by atoms with E-state index in [4.69, 9.17) is 18.6 Å². The Bertz CT molecular complexity index is 1140. The lowest BCUT2D eigenvalue weighted by Gasteiger charge is -2.61.